The minimum atomic E-state index is -0.730. The smallest absolute Gasteiger partial charge is 0.133 e. The molecular weight excluding hydrogens is 440 g/mol. The summed E-state index contributed by atoms with van der Waals surface area (Å²) >= 11 is 0. The Bertz CT molecular complexity index is 856. The minimum absolute atomic E-state index is 0.154. The molecule has 0 saturated heterocycles. The lowest BCUT2D eigenvalue weighted by atomic mass is 10.1. The van der Waals surface area contributed by atoms with Gasteiger partial charge in [0.2, 0.25) is 0 Å². The Labute approximate surface area is 222 Å². The lowest BCUT2D eigenvalue weighted by Crippen LogP contribution is -1.95. The number of hydrogen-bond donors (Lipinski definition) is 2. The standard InChI is InChI=1S/C34H46O2/c1-2-34(36)32-30-28-26-24-22-20-18-16-14-12-10-8-6-4-3-5-7-9-11-13-15-17-19-21-23-25-27-29-31-33-35/h1,8,10,30,32,34-36H,3,5,7,9,11-20,22,24,26,28,33H2/b10-8+,32-30+/t34-/m0/s1. The van der Waals surface area contributed by atoms with Crippen molar-refractivity contribution in [2.24, 2.45) is 0 Å². The van der Waals surface area contributed by atoms with Crippen molar-refractivity contribution >= 4 is 0 Å². The third kappa shape index (κ3) is 29.2. The van der Waals surface area contributed by atoms with Crippen LogP contribution in [-0.4, -0.2) is 22.9 Å². The molecule has 2 N–H and O–H groups in total. The van der Waals surface area contributed by atoms with Gasteiger partial charge in [-0.3, -0.25) is 0 Å². The van der Waals surface area contributed by atoms with E-state index in [0.717, 1.165) is 32.1 Å². The highest BCUT2D eigenvalue weighted by Gasteiger charge is 1.93. The van der Waals surface area contributed by atoms with Crippen LogP contribution in [0.4, 0.5) is 0 Å². The van der Waals surface area contributed by atoms with Gasteiger partial charge in [-0.25, -0.2) is 0 Å². The molecule has 0 aromatic carbocycles. The first-order valence-corrected chi connectivity index (χ1v) is 13.8. The first-order valence-electron chi connectivity index (χ1n) is 13.8. The van der Waals surface area contributed by atoms with Crippen LogP contribution in [0.1, 0.15) is 116 Å². The zero-order valence-electron chi connectivity index (χ0n) is 22.3. The van der Waals surface area contributed by atoms with Crippen molar-refractivity contribution in [1.29, 1.82) is 0 Å². The van der Waals surface area contributed by atoms with Gasteiger partial charge in [-0.1, -0.05) is 106 Å². The lowest BCUT2D eigenvalue weighted by molar-refractivity contribution is 0.280. The van der Waals surface area contributed by atoms with Crippen LogP contribution in [-0.2, 0) is 0 Å². The maximum atomic E-state index is 9.22. The Morgan fingerprint density at radius 1 is 0.583 bits per heavy atom. The number of rotatable bonds is 19. The first kappa shape index (κ1) is 33.2. The summed E-state index contributed by atoms with van der Waals surface area (Å²) in [5.41, 5.74) is 0. The van der Waals surface area contributed by atoms with Crippen molar-refractivity contribution < 1.29 is 10.2 Å². The molecule has 0 radical (unpaired) electrons. The molecule has 2 heteroatoms. The average molecular weight is 487 g/mol. The molecule has 36 heavy (non-hydrogen) atoms. The number of unbranched alkanes of at least 4 members (excludes halogenated alkanes) is 16. The van der Waals surface area contributed by atoms with Crippen molar-refractivity contribution in [2.45, 2.75) is 122 Å². The fourth-order valence-electron chi connectivity index (χ4n) is 3.53. The molecule has 0 aromatic heterocycles. The van der Waals surface area contributed by atoms with Crippen LogP contribution in [0.5, 0.6) is 0 Å². The van der Waals surface area contributed by atoms with Gasteiger partial charge in [-0.2, -0.15) is 0 Å². The van der Waals surface area contributed by atoms with Gasteiger partial charge in [0, 0.05) is 12.8 Å². The Morgan fingerprint density at radius 3 is 1.67 bits per heavy atom. The summed E-state index contributed by atoms with van der Waals surface area (Å²) < 4.78 is 0. The summed E-state index contributed by atoms with van der Waals surface area (Å²) in [5.74, 6) is 24.8. The van der Waals surface area contributed by atoms with E-state index in [9.17, 15) is 5.11 Å². The predicted octanol–water partition coefficient (Wildman–Crippen LogP) is 7.12. The van der Waals surface area contributed by atoms with Gasteiger partial charge in [0.1, 0.15) is 12.7 Å². The lowest BCUT2D eigenvalue weighted by Gasteiger charge is -2.00. The van der Waals surface area contributed by atoms with Crippen LogP contribution < -0.4 is 0 Å². The number of aliphatic hydroxyl groups is 2. The molecule has 0 aliphatic rings. The number of allylic oxidation sites excluding steroid dienone is 3. The monoisotopic (exact) mass is 486 g/mol. The molecule has 0 aliphatic heterocycles. The number of terminal acetylenes is 1. The van der Waals surface area contributed by atoms with E-state index < -0.39 is 6.10 Å². The highest BCUT2D eigenvalue weighted by Crippen LogP contribution is 2.11. The van der Waals surface area contributed by atoms with Gasteiger partial charge in [0.15, 0.2) is 0 Å². The van der Waals surface area contributed by atoms with E-state index in [0.29, 0.717) is 0 Å². The third-order valence-corrected chi connectivity index (χ3v) is 5.58. The fraction of sp³-hybridized carbons (Fsp3) is 0.588. The summed E-state index contributed by atoms with van der Waals surface area (Å²) in [6.07, 6.45) is 34.0. The summed E-state index contributed by atoms with van der Waals surface area (Å²) in [6.45, 7) is -0.154. The predicted molar refractivity (Wildman–Crippen MR) is 154 cm³/mol. The zero-order valence-corrected chi connectivity index (χ0v) is 22.3. The summed E-state index contributed by atoms with van der Waals surface area (Å²) in [5, 5.41) is 17.7. The molecule has 2 nitrogen and oxygen atoms in total. The maximum absolute atomic E-state index is 9.22. The molecule has 194 valence electrons. The van der Waals surface area contributed by atoms with Gasteiger partial charge >= 0.3 is 0 Å². The number of hydrogen-bond acceptors (Lipinski definition) is 2. The van der Waals surface area contributed by atoms with E-state index in [1.165, 1.54) is 83.5 Å². The second-order valence-electron chi connectivity index (χ2n) is 8.80. The van der Waals surface area contributed by atoms with Crippen LogP contribution in [0.2, 0.25) is 0 Å². The van der Waals surface area contributed by atoms with Gasteiger partial charge in [0.05, 0.1) is 0 Å². The normalized spacial score (nSPS) is 10.8. The topological polar surface area (TPSA) is 40.5 Å². The SMILES string of the molecule is C#C[C@H](O)/C=C/CCCCCCCCC/C=C/C#CCCCCCCCCCC#CC#CC#CCO. The van der Waals surface area contributed by atoms with Gasteiger partial charge in [-0.15, -0.1) is 6.42 Å². The maximum Gasteiger partial charge on any atom is 0.133 e. The van der Waals surface area contributed by atoms with Crippen LogP contribution in [0, 0.1) is 59.7 Å². The van der Waals surface area contributed by atoms with E-state index >= 15 is 0 Å². The molecule has 0 bridgehead atoms. The quantitative estimate of drug-likeness (QED) is 0.116. The molecule has 0 amide bonds. The third-order valence-electron chi connectivity index (χ3n) is 5.58. The van der Waals surface area contributed by atoms with E-state index in [1.54, 1.807) is 6.08 Å². The fourth-order valence-corrected chi connectivity index (χ4v) is 3.53. The van der Waals surface area contributed by atoms with Gasteiger partial charge in [0.25, 0.3) is 0 Å². The van der Waals surface area contributed by atoms with Crippen molar-refractivity contribution in [1.82, 2.24) is 0 Å². The van der Waals surface area contributed by atoms with Crippen molar-refractivity contribution in [3.63, 3.8) is 0 Å². The Morgan fingerprint density at radius 2 is 1.08 bits per heavy atom. The Kier molecular flexibility index (Phi) is 27.9. The van der Waals surface area contributed by atoms with Crippen LogP contribution in [0.15, 0.2) is 24.3 Å². The van der Waals surface area contributed by atoms with E-state index in [4.69, 9.17) is 11.5 Å². The van der Waals surface area contributed by atoms with Crippen molar-refractivity contribution in [3.05, 3.63) is 24.3 Å². The molecule has 0 aliphatic carbocycles. The largest absolute Gasteiger partial charge is 0.384 e. The molecule has 0 saturated carbocycles. The molecule has 0 fully saturated rings. The van der Waals surface area contributed by atoms with E-state index in [1.807, 2.05) is 12.2 Å². The van der Waals surface area contributed by atoms with E-state index in [2.05, 4.69) is 59.4 Å². The van der Waals surface area contributed by atoms with Gasteiger partial charge < -0.3 is 10.2 Å². The highest BCUT2D eigenvalue weighted by molar-refractivity contribution is 5.35. The first-order chi connectivity index (χ1) is 17.8. The van der Waals surface area contributed by atoms with Crippen molar-refractivity contribution in [2.75, 3.05) is 6.61 Å². The Hall–Kier alpha value is -2.80. The second kappa shape index (κ2) is 30.2. The van der Waals surface area contributed by atoms with Crippen molar-refractivity contribution in [3.8, 4) is 59.7 Å². The van der Waals surface area contributed by atoms with Crippen LogP contribution in [0.3, 0.4) is 0 Å². The molecule has 0 unspecified atom stereocenters. The molecular formula is C34H46O2. The summed E-state index contributed by atoms with van der Waals surface area (Å²) in [4.78, 5) is 0. The second-order valence-corrected chi connectivity index (χ2v) is 8.80. The molecule has 1 atom stereocenters. The summed E-state index contributed by atoms with van der Waals surface area (Å²) in [7, 11) is 0. The molecule has 0 heterocycles. The molecule has 0 rings (SSSR count). The Balaban J connectivity index is 3.35. The van der Waals surface area contributed by atoms with Crippen LogP contribution >= 0.6 is 0 Å². The minimum Gasteiger partial charge on any atom is -0.384 e. The van der Waals surface area contributed by atoms with E-state index in [-0.39, 0.29) is 6.61 Å². The van der Waals surface area contributed by atoms with Gasteiger partial charge in [-0.05, 0) is 74.4 Å². The molecule has 0 aromatic rings. The zero-order chi connectivity index (χ0) is 26.2. The summed E-state index contributed by atoms with van der Waals surface area (Å²) in [6, 6.07) is 0. The molecule has 0 spiro atoms. The number of aliphatic hydroxyl groups excluding tert-OH is 2. The van der Waals surface area contributed by atoms with Crippen LogP contribution in [0.25, 0.3) is 0 Å². The average Bonchev–Trinajstić information content (AvgIpc) is 2.89. The highest BCUT2D eigenvalue weighted by atomic mass is 16.3.